The van der Waals surface area contributed by atoms with Gasteiger partial charge in [-0.2, -0.15) is 0 Å². The number of carbonyl (C=O) groups is 1. The van der Waals surface area contributed by atoms with Crippen LogP contribution in [-0.2, 0) is 4.79 Å². The van der Waals surface area contributed by atoms with Gasteiger partial charge in [0.25, 0.3) is 5.88 Å². The Bertz CT molecular complexity index is 438. The van der Waals surface area contributed by atoms with Gasteiger partial charge in [0.1, 0.15) is 0 Å². The Morgan fingerprint density at radius 2 is 2.32 bits per heavy atom. The van der Waals surface area contributed by atoms with E-state index in [0.717, 1.165) is 31.7 Å². The van der Waals surface area contributed by atoms with Gasteiger partial charge >= 0.3 is 0 Å². The molecule has 1 aliphatic heterocycles. The smallest absolute Gasteiger partial charge is 0.257 e. The van der Waals surface area contributed by atoms with Crippen molar-refractivity contribution in [2.45, 2.75) is 19.8 Å². The van der Waals surface area contributed by atoms with E-state index in [1.54, 1.807) is 26.4 Å². The number of ether oxygens (including phenoxy) is 1. The number of aromatic nitrogens is 2. The number of hydrogen-bond acceptors (Lipinski definition) is 5. The van der Waals surface area contributed by atoms with Crippen molar-refractivity contribution in [2.75, 3.05) is 31.6 Å². The number of amides is 1. The van der Waals surface area contributed by atoms with Crippen LogP contribution >= 0.6 is 0 Å². The lowest BCUT2D eigenvalue weighted by Crippen LogP contribution is -2.41. The molecule has 0 saturated carbocycles. The van der Waals surface area contributed by atoms with Crippen molar-refractivity contribution in [1.29, 1.82) is 0 Å². The highest BCUT2D eigenvalue weighted by Crippen LogP contribution is 2.27. The number of carbonyl (C=O) groups excluding carboxylic acids is 1. The molecule has 104 valence electrons. The van der Waals surface area contributed by atoms with Crippen molar-refractivity contribution in [1.82, 2.24) is 15.3 Å². The highest BCUT2D eigenvalue weighted by Gasteiger charge is 2.23. The molecule has 0 aliphatic carbocycles. The summed E-state index contributed by atoms with van der Waals surface area (Å²) >= 11 is 0. The molecule has 1 fully saturated rings. The summed E-state index contributed by atoms with van der Waals surface area (Å²) in [5.74, 6) is 1.82. The molecular weight excluding hydrogens is 244 g/mol. The largest absolute Gasteiger partial charge is 0.478 e. The van der Waals surface area contributed by atoms with Gasteiger partial charge in [0.2, 0.25) is 5.91 Å². The van der Waals surface area contributed by atoms with Crippen LogP contribution in [0.2, 0.25) is 0 Å². The predicted octanol–water partition coefficient (Wildman–Crippen LogP) is 0.838. The second-order valence-electron chi connectivity index (χ2n) is 4.78. The average Bonchev–Trinajstić information content (AvgIpc) is 2.45. The van der Waals surface area contributed by atoms with Crippen LogP contribution in [0, 0.1) is 5.92 Å². The topological polar surface area (TPSA) is 67.4 Å². The Morgan fingerprint density at radius 1 is 1.53 bits per heavy atom. The minimum atomic E-state index is 0.0224. The molecule has 19 heavy (non-hydrogen) atoms. The van der Waals surface area contributed by atoms with Crippen LogP contribution in [-0.4, -0.2) is 42.6 Å². The first-order chi connectivity index (χ1) is 9.20. The monoisotopic (exact) mass is 264 g/mol. The number of piperidine rings is 1. The van der Waals surface area contributed by atoms with Crippen LogP contribution in [0.25, 0.3) is 0 Å². The van der Waals surface area contributed by atoms with Gasteiger partial charge in [0.15, 0.2) is 5.82 Å². The molecule has 1 aromatic heterocycles. The molecule has 2 heterocycles. The predicted molar refractivity (Wildman–Crippen MR) is 72.2 cm³/mol. The fourth-order valence-electron chi connectivity index (χ4n) is 2.39. The molecule has 2 rings (SSSR count). The van der Waals surface area contributed by atoms with E-state index in [4.69, 9.17) is 4.74 Å². The van der Waals surface area contributed by atoms with Crippen molar-refractivity contribution >= 4 is 11.7 Å². The molecule has 1 aliphatic rings. The molecule has 1 N–H and O–H groups in total. The maximum Gasteiger partial charge on any atom is 0.257 e. The molecule has 1 atom stereocenters. The first-order valence-corrected chi connectivity index (χ1v) is 6.55. The fraction of sp³-hybridized carbons (Fsp3) is 0.615. The zero-order valence-electron chi connectivity index (χ0n) is 11.4. The number of hydrogen-bond donors (Lipinski definition) is 1. The average molecular weight is 264 g/mol. The molecular formula is C13H20N4O2. The van der Waals surface area contributed by atoms with Gasteiger partial charge in [-0.25, -0.2) is 9.97 Å². The summed E-state index contributed by atoms with van der Waals surface area (Å²) in [6.07, 6.45) is 5.51. The quantitative estimate of drug-likeness (QED) is 0.872. The molecule has 1 saturated heterocycles. The van der Waals surface area contributed by atoms with Crippen LogP contribution < -0.4 is 15.0 Å². The van der Waals surface area contributed by atoms with Crippen molar-refractivity contribution in [2.24, 2.45) is 5.92 Å². The summed E-state index contributed by atoms with van der Waals surface area (Å²) < 4.78 is 5.25. The van der Waals surface area contributed by atoms with E-state index < -0.39 is 0 Å². The summed E-state index contributed by atoms with van der Waals surface area (Å²) in [5.41, 5.74) is 0. The van der Waals surface area contributed by atoms with Gasteiger partial charge in [-0.1, -0.05) is 0 Å². The van der Waals surface area contributed by atoms with E-state index in [0.29, 0.717) is 18.3 Å². The summed E-state index contributed by atoms with van der Waals surface area (Å²) in [6.45, 7) is 4.08. The molecule has 0 spiro atoms. The van der Waals surface area contributed by atoms with Crippen molar-refractivity contribution in [3.8, 4) is 5.88 Å². The molecule has 1 amide bonds. The Kier molecular flexibility index (Phi) is 4.54. The highest BCUT2D eigenvalue weighted by atomic mass is 16.5. The third-order valence-corrected chi connectivity index (χ3v) is 3.30. The Morgan fingerprint density at radius 3 is 3.05 bits per heavy atom. The maximum absolute atomic E-state index is 11.0. The summed E-state index contributed by atoms with van der Waals surface area (Å²) in [4.78, 5) is 21.7. The van der Waals surface area contributed by atoms with E-state index in [9.17, 15) is 4.79 Å². The van der Waals surface area contributed by atoms with Crippen molar-refractivity contribution < 1.29 is 9.53 Å². The second kappa shape index (κ2) is 6.36. The number of rotatable bonds is 4. The third-order valence-electron chi connectivity index (χ3n) is 3.30. The van der Waals surface area contributed by atoms with E-state index in [1.165, 1.54) is 0 Å². The van der Waals surface area contributed by atoms with Gasteiger partial charge in [0, 0.05) is 39.0 Å². The Balaban J connectivity index is 2.02. The number of methoxy groups -OCH3 is 1. The first-order valence-electron chi connectivity index (χ1n) is 6.55. The molecule has 1 unspecified atom stereocenters. The molecule has 0 aromatic carbocycles. The number of nitrogens with one attached hydrogen (secondary N) is 1. The minimum Gasteiger partial charge on any atom is -0.478 e. The second-order valence-corrected chi connectivity index (χ2v) is 4.78. The van der Waals surface area contributed by atoms with Crippen molar-refractivity contribution in [3.63, 3.8) is 0 Å². The first kappa shape index (κ1) is 13.6. The zero-order chi connectivity index (χ0) is 13.7. The lowest BCUT2D eigenvalue weighted by Gasteiger charge is -2.33. The fourth-order valence-corrected chi connectivity index (χ4v) is 2.39. The van der Waals surface area contributed by atoms with Crippen molar-refractivity contribution in [3.05, 3.63) is 12.4 Å². The number of anilines is 1. The van der Waals surface area contributed by atoms with Gasteiger partial charge in [0.05, 0.1) is 7.11 Å². The van der Waals surface area contributed by atoms with Crippen LogP contribution in [0.5, 0.6) is 5.88 Å². The molecule has 0 radical (unpaired) electrons. The van der Waals surface area contributed by atoms with Crippen LogP contribution in [0.3, 0.4) is 0 Å². The summed E-state index contributed by atoms with van der Waals surface area (Å²) in [5, 5.41) is 2.88. The van der Waals surface area contributed by atoms with Crippen LogP contribution in [0.1, 0.15) is 19.8 Å². The van der Waals surface area contributed by atoms with Gasteiger partial charge < -0.3 is 15.0 Å². The van der Waals surface area contributed by atoms with E-state index >= 15 is 0 Å². The summed E-state index contributed by atoms with van der Waals surface area (Å²) in [6, 6.07) is 0. The Labute approximate surface area is 113 Å². The minimum absolute atomic E-state index is 0.0224. The molecule has 0 bridgehead atoms. The van der Waals surface area contributed by atoms with Crippen LogP contribution in [0.4, 0.5) is 5.82 Å². The zero-order valence-corrected chi connectivity index (χ0v) is 11.4. The van der Waals surface area contributed by atoms with E-state index in [1.807, 2.05) is 0 Å². The lowest BCUT2D eigenvalue weighted by molar-refractivity contribution is -0.119. The normalized spacial score (nSPS) is 19.1. The van der Waals surface area contributed by atoms with E-state index in [2.05, 4.69) is 20.2 Å². The van der Waals surface area contributed by atoms with Gasteiger partial charge in [-0.05, 0) is 18.8 Å². The molecule has 6 heteroatoms. The SMILES string of the molecule is COc1nccnc1N1CCCC(CNC(C)=O)C1. The maximum atomic E-state index is 11.0. The summed E-state index contributed by atoms with van der Waals surface area (Å²) in [7, 11) is 1.60. The third kappa shape index (κ3) is 3.56. The lowest BCUT2D eigenvalue weighted by atomic mass is 9.98. The van der Waals surface area contributed by atoms with Crippen LogP contribution in [0.15, 0.2) is 12.4 Å². The highest BCUT2D eigenvalue weighted by molar-refractivity contribution is 5.72. The van der Waals surface area contributed by atoms with Gasteiger partial charge in [-0.15, -0.1) is 0 Å². The number of nitrogens with zero attached hydrogens (tertiary/aromatic N) is 3. The molecule has 1 aromatic rings. The molecule has 6 nitrogen and oxygen atoms in total. The standard InChI is InChI=1S/C13H20N4O2/c1-10(18)16-8-11-4-3-7-17(9-11)12-13(19-2)15-6-5-14-12/h5-6,11H,3-4,7-9H2,1-2H3,(H,16,18). The Hall–Kier alpha value is -1.85. The van der Waals surface area contributed by atoms with E-state index in [-0.39, 0.29) is 5.91 Å². The van der Waals surface area contributed by atoms with Gasteiger partial charge in [-0.3, -0.25) is 4.79 Å².